The minimum atomic E-state index is -0.264. The van der Waals surface area contributed by atoms with E-state index in [1.165, 1.54) is 12.1 Å². The summed E-state index contributed by atoms with van der Waals surface area (Å²) in [6, 6.07) is 4.58. The van der Waals surface area contributed by atoms with E-state index >= 15 is 0 Å². The monoisotopic (exact) mass is 237 g/mol. The van der Waals surface area contributed by atoms with Gasteiger partial charge in [0.25, 0.3) is 0 Å². The Morgan fingerprint density at radius 3 is 3.00 bits per heavy atom. The van der Waals surface area contributed by atoms with Crippen molar-refractivity contribution in [1.82, 2.24) is 0 Å². The van der Waals surface area contributed by atoms with Gasteiger partial charge in [-0.25, -0.2) is 4.39 Å². The van der Waals surface area contributed by atoms with Crippen LogP contribution in [0.5, 0.6) is 5.75 Å². The van der Waals surface area contributed by atoms with Crippen LogP contribution >= 0.6 is 0 Å². The second-order valence-corrected chi connectivity index (χ2v) is 4.95. The third-order valence-corrected chi connectivity index (χ3v) is 3.52. The lowest BCUT2D eigenvalue weighted by Crippen LogP contribution is -2.34. The fourth-order valence-corrected chi connectivity index (χ4v) is 2.49. The molecule has 3 atom stereocenters. The number of fused-ring (bicyclic) bond motifs is 1. The standard InChI is InChI=1S/C14H20FNO/c1-3-4-9(2)13-8-12(16)11-6-5-10(15)7-14(11)17-13/h5-7,9,12-13H,3-4,8,16H2,1-2H3/t9?,12-,13?/m0/s1. The number of ether oxygens (including phenoxy) is 1. The lowest BCUT2D eigenvalue weighted by molar-refractivity contribution is 0.102. The summed E-state index contributed by atoms with van der Waals surface area (Å²) in [7, 11) is 0. The van der Waals surface area contributed by atoms with E-state index in [4.69, 9.17) is 10.5 Å². The highest BCUT2D eigenvalue weighted by Crippen LogP contribution is 2.36. The van der Waals surface area contributed by atoms with Crippen LogP contribution in [0.2, 0.25) is 0 Å². The van der Waals surface area contributed by atoms with Crippen LogP contribution in [0.15, 0.2) is 18.2 Å². The predicted octanol–water partition coefficient (Wildman–Crippen LogP) is 3.41. The van der Waals surface area contributed by atoms with Crippen molar-refractivity contribution in [2.45, 2.75) is 45.3 Å². The van der Waals surface area contributed by atoms with E-state index in [1.807, 2.05) is 0 Å². The summed E-state index contributed by atoms with van der Waals surface area (Å²) in [5, 5.41) is 0. The molecule has 1 aliphatic rings. The van der Waals surface area contributed by atoms with Crippen LogP contribution in [-0.2, 0) is 0 Å². The van der Waals surface area contributed by atoms with E-state index in [1.54, 1.807) is 6.07 Å². The third-order valence-electron chi connectivity index (χ3n) is 3.52. The molecular formula is C14H20FNO. The molecule has 0 radical (unpaired) electrons. The van der Waals surface area contributed by atoms with Crippen molar-refractivity contribution >= 4 is 0 Å². The summed E-state index contributed by atoms with van der Waals surface area (Å²) in [6.45, 7) is 4.33. The summed E-state index contributed by atoms with van der Waals surface area (Å²) in [6.07, 6.45) is 3.17. The highest BCUT2D eigenvalue weighted by molar-refractivity contribution is 5.38. The lowest BCUT2D eigenvalue weighted by Gasteiger charge is -2.33. The second kappa shape index (κ2) is 5.05. The van der Waals surface area contributed by atoms with Crippen molar-refractivity contribution in [1.29, 1.82) is 0 Å². The molecule has 1 aromatic rings. The molecule has 2 nitrogen and oxygen atoms in total. The minimum absolute atomic E-state index is 0.0383. The fourth-order valence-electron chi connectivity index (χ4n) is 2.49. The molecule has 0 fully saturated rings. The normalized spacial score (nSPS) is 24.9. The van der Waals surface area contributed by atoms with Crippen molar-refractivity contribution in [3.63, 3.8) is 0 Å². The molecule has 0 aliphatic carbocycles. The predicted molar refractivity (Wildman–Crippen MR) is 66.4 cm³/mol. The first kappa shape index (κ1) is 12.4. The van der Waals surface area contributed by atoms with Gasteiger partial charge in [-0.15, -0.1) is 0 Å². The Kier molecular flexibility index (Phi) is 3.67. The van der Waals surface area contributed by atoms with E-state index in [-0.39, 0.29) is 18.0 Å². The zero-order chi connectivity index (χ0) is 12.4. The van der Waals surface area contributed by atoms with Gasteiger partial charge in [0.2, 0.25) is 0 Å². The van der Waals surface area contributed by atoms with Gasteiger partial charge in [0, 0.05) is 24.1 Å². The highest BCUT2D eigenvalue weighted by atomic mass is 19.1. The Hall–Kier alpha value is -1.09. The summed E-state index contributed by atoms with van der Waals surface area (Å²) < 4.78 is 19.1. The molecule has 94 valence electrons. The zero-order valence-electron chi connectivity index (χ0n) is 10.4. The Morgan fingerprint density at radius 2 is 2.29 bits per heavy atom. The van der Waals surface area contributed by atoms with Crippen molar-refractivity contribution in [3.05, 3.63) is 29.6 Å². The van der Waals surface area contributed by atoms with Gasteiger partial charge in [-0.2, -0.15) is 0 Å². The van der Waals surface area contributed by atoms with Crippen LogP contribution in [0.1, 0.15) is 44.7 Å². The number of benzene rings is 1. The van der Waals surface area contributed by atoms with Crippen molar-refractivity contribution in [3.8, 4) is 5.75 Å². The molecule has 3 heteroatoms. The largest absolute Gasteiger partial charge is 0.490 e. The SMILES string of the molecule is CCCC(C)C1C[C@H](N)c2ccc(F)cc2O1. The molecule has 0 amide bonds. The van der Waals surface area contributed by atoms with Gasteiger partial charge < -0.3 is 10.5 Å². The Labute approximate surface area is 102 Å². The number of rotatable bonds is 3. The molecule has 0 bridgehead atoms. The molecule has 2 rings (SSSR count). The first-order valence-electron chi connectivity index (χ1n) is 6.33. The van der Waals surface area contributed by atoms with Crippen LogP contribution in [0, 0.1) is 11.7 Å². The van der Waals surface area contributed by atoms with Gasteiger partial charge in [-0.3, -0.25) is 0 Å². The van der Waals surface area contributed by atoms with Crippen LogP contribution in [-0.4, -0.2) is 6.10 Å². The van der Waals surface area contributed by atoms with E-state index in [0.29, 0.717) is 11.7 Å². The molecule has 1 aromatic carbocycles. The van der Waals surface area contributed by atoms with Gasteiger partial charge in [0.1, 0.15) is 17.7 Å². The van der Waals surface area contributed by atoms with E-state index in [0.717, 1.165) is 24.8 Å². The maximum Gasteiger partial charge on any atom is 0.127 e. The van der Waals surface area contributed by atoms with Gasteiger partial charge in [0.15, 0.2) is 0 Å². The van der Waals surface area contributed by atoms with Gasteiger partial charge in [-0.1, -0.05) is 26.3 Å². The second-order valence-electron chi connectivity index (χ2n) is 4.95. The van der Waals surface area contributed by atoms with Crippen LogP contribution in [0.3, 0.4) is 0 Å². The maximum atomic E-state index is 13.2. The third kappa shape index (κ3) is 2.60. The van der Waals surface area contributed by atoms with E-state index in [9.17, 15) is 4.39 Å². The van der Waals surface area contributed by atoms with Crippen molar-refractivity contribution < 1.29 is 9.13 Å². The van der Waals surface area contributed by atoms with Gasteiger partial charge in [0.05, 0.1) is 0 Å². The van der Waals surface area contributed by atoms with Crippen LogP contribution in [0.4, 0.5) is 4.39 Å². The molecule has 1 aliphatic heterocycles. The molecule has 2 N–H and O–H groups in total. The van der Waals surface area contributed by atoms with Crippen LogP contribution < -0.4 is 10.5 Å². The van der Waals surface area contributed by atoms with E-state index < -0.39 is 0 Å². The van der Waals surface area contributed by atoms with Gasteiger partial charge >= 0.3 is 0 Å². The topological polar surface area (TPSA) is 35.2 Å². The van der Waals surface area contributed by atoms with E-state index in [2.05, 4.69) is 13.8 Å². The van der Waals surface area contributed by atoms with Crippen LogP contribution in [0.25, 0.3) is 0 Å². The number of halogens is 1. The summed E-state index contributed by atoms with van der Waals surface area (Å²) in [5.74, 6) is 0.818. The molecule has 1 heterocycles. The first-order chi connectivity index (χ1) is 8.11. The molecule has 0 saturated carbocycles. The molecule has 0 aromatic heterocycles. The average molecular weight is 237 g/mol. The smallest absolute Gasteiger partial charge is 0.127 e. The molecule has 0 saturated heterocycles. The fraction of sp³-hybridized carbons (Fsp3) is 0.571. The highest BCUT2D eigenvalue weighted by Gasteiger charge is 2.29. The van der Waals surface area contributed by atoms with Crippen molar-refractivity contribution in [2.24, 2.45) is 11.7 Å². The lowest BCUT2D eigenvalue weighted by atomic mass is 9.89. The summed E-state index contributed by atoms with van der Waals surface area (Å²) in [4.78, 5) is 0. The number of hydrogen-bond donors (Lipinski definition) is 1. The average Bonchev–Trinajstić information content (AvgIpc) is 2.28. The number of hydrogen-bond acceptors (Lipinski definition) is 2. The molecule has 0 spiro atoms. The van der Waals surface area contributed by atoms with Gasteiger partial charge in [-0.05, 0) is 18.4 Å². The molecular weight excluding hydrogens is 217 g/mol. The minimum Gasteiger partial charge on any atom is -0.490 e. The maximum absolute atomic E-state index is 13.2. The molecule has 17 heavy (non-hydrogen) atoms. The number of nitrogens with two attached hydrogens (primary N) is 1. The Morgan fingerprint density at radius 1 is 1.53 bits per heavy atom. The molecule has 2 unspecified atom stereocenters. The Balaban J connectivity index is 2.19. The van der Waals surface area contributed by atoms with Crippen molar-refractivity contribution in [2.75, 3.05) is 0 Å². The summed E-state index contributed by atoms with van der Waals surface area (Å²) in [5.41, 5.74) is 7.04. The quantitative estimate of drug-likeness (QED) is 0.874. The summed E-state index contributed by atoms with van der Waals surface area (Å²) >= 11 is 0. The Bertz CT molecular complexity index is 394. The zero-order valence-corrected chi connectivity index (χ0v) is 10.4. The first-order valence-corrected chi connectivity index (χ1v) is 6.33.